The van der Waals surface area contributed by atoms with Crippen molar-refractivity contribution >= 4 is 46.4 Å². The van der Waals surface area contributed by atoms with E-state index in [1.165, 1.54) is 75.0 Å². The summed E-state index contributed by atoms with van der Waals surface area (Å²) in [4.78, 5) is 6.87. The van der Waals surface area contributed by atoms with Gasteiger partial charge in [0, 0.05) is 24.3 Å². The number of hydrogen-bond acceptors (Lipinski definition) is 3. The molecular formula is C29H44Cl2N2O. The fourth-order valence-electron chi connectivity index (χ4n) is 4.77. The van der Waals surface area contributed by atoms with Crippen molar-refractivity contribution in [3.63, 3.8) is 0 Å². The van der Waals surface area contributed by atoms with Gasteiger partial charge in [0.2, 0.25) is 0 Å². The number of aromatic nitrogens is 1. The van der Waals surface area contributed by atoms with Gasteiger partial charge < -0.3 is 10.0 Å². The Morgan fingerprint density at radius 2 is 1.38 bits per heavy atom. The maximum atomic E-state index is 11.4. The van der Waals surface area contributed by atoms with Crippen LogP contribution in [0.15, 0.2) is 48.8 Å². The molecule has 1 unspecified atom stereocenters. The lowest BCUT2D eigenvalue weighted by Crippen LogP contribution is -2.31. The molecule has 0 spiro atoms. The normalized spacial score (nSPS) is 12.0. The zero-order chi connectivity index (χ0) is 22.6. The van der Waals surface area contributed by atoms with E-state index in [9.17, 15) is 5.11 Å². The number of aliphatic hydroxyl groups excluding tert-OH is 1. The van der Waals surface area contributed by atoms with Crippen molar-refractivity contribution < 1.29 is 5.11 Å². The van der Waals surface area contributed by atoms with Crippen LogP contribution in [0.25, 0.3) is 21.5 Å². The third-order valence-corrected chi connectivity index (χ3v) is 6.64. The van der Waals surface area contributed by atoms with E-state index in [0.29, 0.717) is 6.54 Å². The number of halogens is 2. The van der Waals surface area contributed by atoms with E-state index < -0.39 is 6.10 Å². The smallest absolute Gasteiger partial charge is 0.0923 e. The first-order valence-corrected chi connectivity index (χ1v) is 12.9. The Hall–Kier alpha value is -1.39. The van der Waals surface area contributed by atoms with Gasteiger partial charge in [0.15, 0.2) is 0 Å². The van der Waals surface area contributed by atoms with Gasteiger partial charge in [-0.25, -0.2) is 0 Å². The van der Waals surface area contributed by atoms with Gasteiger partial charge >= 0.3 is 0 Å². The summed E-state index contributed by atoms with van der Waals surface area (Å²) >= 11 is 0. The van der Waals surface area contributed by atoms with Crippen molar-refractivity contribution in [3.8, 4) is 0 Å². The maximum absolute atomic E-state index is 11.4. The fourth-order valence-corrected chi connectivity index (χ4v) is 4.77. The zero-order valence-corrected chi connectivity index (χ0v) is 22.7. The van der Waals surface area contributed by atoms with E-state index in [-0.39, 0.29) is 24.8 Å². The Kier molecular flexibility index (Phi) is 15.4. The highest BCUT2D eigenvalue weighted by Gasteiger charge is 2.17. The number of fused-ring (bicyclic) bond motifs is 3. The van der Waals surface area contributed by atoms with Crippen LogP contribution in [-0.2, 0) is 0 Å². The molecule has 1 heterocycles. The lowest BCUT2D eigenvalue weighted by Gasteiger charge is -2.26. The van der Waals surface area contributed by atoms with Crippen molar-refractivity contribution in [2.75, 3.05) is 19.6 Å². The second-order valence-electron chi connectivity index (χ2n) is 9.25. The Balaban J connectivity index is 0.00000289. The maximum Gasteiger partial charge on any atom is 0.0923 e. The van der Waals surface area contributed by atoms with Gasteiger partial charge in [-0.15, -0.1) is 24.8 Å². The van der Waals surface area contributed by atoms with Crippen LogP contribution in [0.1, 0.15) is 89.7 Å². The van der Waals surface area contributed by atoms with Crippen molar-refractivity contribution in [2.45, 2.75) is 84.2 Å². The quantitative estimate of drug-likeness (QED) is 0.165. The second-order valence-corrected chi connectivity index (χ2v) is 9.25. The largest absolute Gasteiger partial charge is 0.387 e. The molecule has 5 heteroatoms. The molecule has 3 aromatic rings. The van der Waals surface area contributed by atoms with E-state index in [1.807, 2.05) is 12.4 Å². The molecule has 1 N–H and O–H groups in total. The molecular weight excluding hydrogens is 463 g/mol. The van der Waals surface area contributed by atoms with E-state index in [1.54, 1.807) is 0 Å². The molecule has 0 fully saturated rings. The van der Waals surface area contributed by atoms with Crippen LogP contribution < -0.4 is 0 Å². The van der Waals surface area contributed by atoms with Gasteiger partial charge in [0.1, 0.15) is 0 Å². The van der Waals surface area contributed by atoms with Crippen molar-refractivity contribution in [2.24, 2.45) is 0 Å². The number of nitrogens with zero attached hydrogens (tertiary/aromatic N) is 2. The Morgan fingerprint density at radius 3 is 2.03 bits per heavy atom. The Labute approximate surface area is 219 Å². The van der Waals surface area contributed by atoms with E-state index in [2.05, 4.69) is 60.1 Å². The topological polar surface area (TPSA) is 36.4 Å². The fraction of sp³-hybridized carbons (Fsp3) is 0.552. The van der Waals surface area contributed by atoms with Crippen LogP contribution in [0.2, 0.25) is 0 Å². The third-order valence-electron chi connectivity index (χ3n) is 6.64. The number of hydrogen-bond donors (Lipinski definition) is 1. The van der Waals surface area contributed by atoms with Gasteiger partial charge in [-0.05, 0) is 59.8 Å². The molecule has 1 atom stereocenters. The predicted molar refractivity (Wildman–Crippen MR) is 153 cm³/mol. The van der Waals surface area contributed by atoms with Gasteiger partial charge in [0.25, 0.3) is 0 Å². The third kappa shape index (κ3) is 9.00. The van der Waals surface area contributed by atoms with Crippen LogP contribution in [0.4, 0.5) is 0 Å². The van der Waals surface area contributed by atoms with E-state index in [4.69, 9.17) is 0 Å². The van der Waals surface area contributed by atoms with Crippen molar-refractivity contribution in [1.29, 1.82) is 0 Å². The second kappa shape index (κ2) is 17.1. The van der Waals surface area contributed by atoms with Gasteiger partial charge in [0.05, 0.1) is 6.10 Å². The van der Waals surface area contributed by atoms with Crippen LogP contribution in [0, 0.1) is 0 Å². The average molecular weight is 508 g/mol. The number of benzene rings is 2. The Bertz CT molecular complexity index is 936. The minimum absolute atomic E-state index is 0. The van der Waals surface area contributed by atoms with E-state index in [0.717, 1.165) is 29.4 Å². The minimum Gasteiger partial charge on any atom is -0.387 e. The standard InChI is InChI=1S/C29H42N2O.2ClH/c1-3-5-7-9-13-19-31(20-14-10-8-6-4-2)23-29(32)27-21-24-15-11-12-16-25(24)28-22-30-18-17-26(27)28;;/h11-12,15-18,21-22,29,32H,3-10,13-14,19-20,23H2,1-2H3;2*1H. The van der Waals surface area contributed by atoms with Crippen LogP contribution in [0.3, 0.4) is 0 Å². The molecule has 0 bridgehead atoms. The first kappa shape index (κ1) is 30.6. The molecule has 0 saturated heterocycles. The lowest BCUT2D eigenvalue weighted by atomic mass is 9.95. The Morgan fingerprint density at radius 1 is 0.765 bits per heavy atom. The molecule has 0 radical (unpaired) electrons. The molecule has 3 nitrogen and oxygen atoms in total. The van der Waals surface area contributed by atoms with Crippen LogP contribution >= 0.6 is 24.8 Å². The number of pyridine rings is 1. The van der Waals surface area contributed by atoms with Gasteiger partial charge in [-0.1, -0.05) is 89.5 Å². The summed E-state index contributed by atoms with van der Waals surface area (Å²) in [7, 11) is 0. The highest BCUT2D eigenvalue weighted by atomic mass is 35.5. The summed E-state index contributed by atoms with van der Waals surface area (Å²) in [5.41, 5.74) is 1.03. The average Bonchev–Trinajstić information content (AvgIpc) is 2.83. The molecule has 0 aliphatic rings. The molecule has 0 amide bonds. The predicted octanol–water partition coefficient (Wildman–Crippen LogP) is 8.51. The van der Waals surface area contributed by atoms with Gasteiger partial charge in [-0.3, -0.25) is 4.98 Å². The lowest BCUT2D eigenvalue weighted by molar-refractivity contribution is 0.111. The summed E-state index contributed by atoms with van der Waals surface area (Å²) in [6, 6.07) is 12.7. The SMILES string of the molecule is CCCCCCCN(CCCCCCC)CC(O)c1cc2ccccc2c2cnccc12.Cl.Cl. The molecule has 2 aromatic carbocycles. The van der Waals surface area contributed by atoms with Gasteiger partial charge in [-0.2, -0.15) is 0 Å². The summed E-state index contributed by atoms with van der Waals surface area (Å²) in [5.74, 6) is 0. The molecule has 0 saturated carbocycles. The summed E-state index contributed by atoms with van der Waals surface area (Å²) in [6.45, 7) is 7.41. The monoisotopic (exact) mass is 506 g/mol. The summed E-state index contributed by atoms with van der Waals surface area (Å²) in [5, 5.41) is 16.0. The summed E-state index contributed by atoms with van der Waals surface area (Å²) < 4.78 is 0. The molecule has 0 aliphatic carbocycles. The number of aliphatic hydroxyl groups is 1. The zero-order valence-electron chi connectivity index (χ0n) is 21.0. The van der Waals surface area contributed by atoms with Crippen LogP contribution in [-0.4, -0.2) is 34.6 Å². The highest BCUT2D eigenvalue weighted by molar-refractivity contribution is 6.08. The summed E-state index contributed by atoms with van der Waals surface area (Å²) in [6.07, 6.45) is 16.2. The van der Waals surface area contributed by atoms with Crippen molar-refractivity contribution in [1.82, 2.24) is 9.88 Å². The molecule has 3 rings (SSSR count). The molecule has 34 heavy (non-hydrogen) atoms. The first-order valence-electron chi connectivity index (χ1n) is 12.9. The van der Waals surface area contributed by atoms with E-state index >= 15 is 0 Å². The highest BCUT2D eigenvalue weighted by Crippen LogP contribution is 2.32. The molecule has 1 aromatic heterocycles. The first-order chi connectivity index (χ1) is 15.7. The number of unbranched alkanes of at least 4 members (excludes halogenated alkanes) is 8. The van der Waals surface area contributed by atoms with Crippen LogP contribution in [0.5, 0.6) is 0 Å². The molecule has 0 aliphatic heterocycles. The number of rotatable bonds is 15. The van der Waals surface area contributed by atoms with Crippen molar-refractivity contribution in [3.05, 3.63) is 54.4 Å². The minimum atomic E-state index is -0.490. The molecule has 190 valence electrons.